The van der Waals surface area contributed by atoms with Crippen LogP contribution in [0.5, 0.6) is 0 Å². The summed E-state index contributed by atoms with van der Waals surface area (Å²) in [5, 5.41) is 0. The molecule has 0 bridgehead atoms. The van der Waals surface area contributed by atoms with Crippen molar-refractivity contribution in [2.45, 2.75) is 26.7 Å². The first-order chi connectivity index (χ1) is 8.04. The predicted octanol–water partition coefficient (Wildman–Crippen LogP) is 0.772. The van der Waals surface area contributed by atoms with Crippen LogP contribution in [0.1, 0.15) is 26.7 Å². The molecule has 1 heterocycles. The fraction of sp³-hybridized carbons (Fsp3) is 0.923. The van der Waals surface area contributed by atoms with E-state index in [4.69, 9.17) is 5.73 Å². The number of carbonyl (C=O) groups excluding carboxylic acids is 1. The monoisotopic (exact) mass is 241 g/mol. The molecule has 0 aromatic heterocycles. The van der Waals surface area contributed by atoms with E-state index < -0.39 is 0 Å². The quantitative estimate of drug-likeness (QED) is 0.747. The molecule has 0 aromatic carbocycles. The molecule has 4 heteroatoms. The topological polar surface area (TPSA) is 49.6 Å². The van der Waals surface area contributed by atoms with E-state index in [1.807, 2.05) is 11.9 Å². The highest BCUT2D eigenvalue weighted by Crippen LogP contribution is 2.11. The second-order valence-corrected chi connectivity index (χ2v) is 5.52. The minimum atomic E-state index is 0.268. The smallest absolute Gasteiger partial charge is 0.236 e. The number of carbonyl (C=O) groups is 1. The molecule has 2 N–H and O–H groups in total. The molecule has 1 atom stereocenters. The highest BCUT2D eigenvalue weighted by atomic mass is 16.2. The van der Waals surface area contributed by atoms with Crippen LogP contribution in [-0.2, 0) is 4.79 Å². The summed E-state index contributed by atoms with van der Waals surface area (Å²) >= 11 is 0. The highest BCUT2D eigenvalue weighted by molar-refractivity contribution is 5.78. The van der Waals surface area contributed by atoms with E-state index in [9.17, 15) is 4.79 Å². The largest absolute Gasteiger partial charge is 0.342 e. The molecule has 1 saturated heterocycles. The maximum atomic E-state index is 11.9. The third kappa shape index (κ3) is 4.64. The van der Waals surface area contributed by atoms with Crippen LogP contribution < -0.4 is 5.73 Å². The molecule has 1 fully saturated rings. The Morgan fingerprint density at radius 2 is 1.94 bits per heavy atom. The second kappa shape index (κ2) is 6.97. The van der Waals surface area contributed by atoms with Crippen LogP contribution in [0.15, 0.2) is 0 Å². The molecule has 17 heavy (non-hydrogen) atoms. The van der Waals surface area contributed by atoms with Crippen LogP contribution in [0.25, 0.3) is 0 Å². The van der Waals surface area contributed by atoms with E-state index in [1.54, 1.807) is 0 Å². The minimum Gasteiger partial charge on any atom is -0.342 e. The molecule has 0 aromatic rings. The zero-order valence-electron chi connectivity index (χ0n) is 11.5. The molecule has 4 nitrogen and oxygen atoms in total. The first-order valence-electron chi connectivity index (χ1n) is 6.71. The Morgan fingerprint density at radius 3 is 2.41 bits per heavy atom. The van der Waals surface area contributed by atoms with E-state index in [-0.39, 0.29) is 5.91 Å². The average Bonchev–Trinajstić information content (AvgIpc) is 2.78. The Balaban J connectivity index is 2.32. The number of likely N-dealkylation sites (tertiary alicyclic amines) is 1. The molecular weight excluding hydrogens is 214 g/mol. The number of hydrogen-bond donors (Lipinski definition) is 1. The summed E-state index contributed by atoms with van der Waals surface area (Å²) in [5.41, 5.74) is 5.75. The lowest BCUT2D eigenvalue weighted by atomic mass is 9.95. The summed E-state index contributed by atoms with van der Waals surface area (Å²) in [6, 6.07) is 0. The van der Waals surface area contributed by atoms with Gasteiger partial charge in [-0.3, -0.25) is 9.69 Å². The standard InChI is InChI=1S/C13H27N3O/c1-11(2)12(8-14)9-15(3)10-13(17)16-6-4-5-7-16/h11-12H,4-10,14H2,1-3H3. The third-order valence-corrected chi connectivity index (χ3v) is 3.66. The van der Waals surface area contributed by atoms with Crippen LogP contribution in [0.2, 0.25) is 0 Å². The van der Waals surface area contributed by atoms with Gasteiger partial charge in [0.25, 0.3) is 0 Å². The number of likely N-dealkylation sites (N-methyl/N-ethyl adjacent to an activating group) is 1. The molecule has 1 amide bonds. The van der Waals surface area contributed by atoms with Crippen molar-refractivity contribution in [3.63, 3.8) is 0 Å². The highest BCUT2D eigenvalue weighted by Gasteiger charge is 2.21. The number of nitrogens with two attached hydrogens (primary N) is 1. The lowest BCUT2D eigenvalue weighted by molar-refractivity contribution is -0.131. The van der Waals surface area contributed by atoms with E-state index in [0.29, 0.717) is 24.9 Å². The van der Waals surface area contributed by atoms with Crippen LogP contribution in [0.3, 0.4) is 0 Å². The zero-order valence-corrected chi connectivity index (χ0v) is 11.5. The van der Waals surface area contributed by atoms with Gasteiger partial charge in [0, 0.05) is 19.6 Å². The van der Waals surface area contributed by atoms with Gasteiger partial charge in [0.2, 0.25) is 5.91 Å². The van der Waals surface area contributed by atoms with Gasteiger partial charge in [0.15, 0.2) is 0 Å². The molecule has 0 aliphatic carbocycles. The third-order valence-electron chi connectivity index (χ3n) is 3.66. The Hall–Kier alpha value is -0.610. The molecule has 0 radical (unpaired) electrons. The van der Waals surface area contributed by atoms with E-state index >= 15 is 0 Å². The van der Waals surface area contributed by atoms with Crippen LogP contribution in [0.4, 0.5) is 0 Å². The molecular formula is C13H27N3O. The van der Waals surface area contributed by atoms with E-state index in [2.05, 4.69) is 18.7 Å². The second-order valence-electron chi connectivity index (χ2n) is 5.52. The normalized spacial score (nSPS) is 18.1. The van der Waals surface area contributed by atoms with Gasteiger partial charge in [-0.1, -0.05) is 13.8 Å². The van der Waals surface area contributed by atoms with Crippen LogP contribution in [-0.4, -0.2) is 55.5 Å². The van der Waals surface area contributed by atoms with Crippen molar-refractivity contribution in [3.8, 4) is 0 Å². The lowest BCUT2D eigenvalue weighted by Gasteiger charge is -2.26. The Morgan fingerprint density at radius 1 is 1.35 bits per heavy atom. The van der Waals surface area contributed by atoms with Gasteiger partial charge in [-0.15, -0.1) is 0 Å². The SMILES string of the molecule is CC(C)C(CN)CN(C)CC(=O)N1CCCC1. The molecule has 1 aliphatic rings. The van der Waals surface area contributed by atoms with Crippen molar-refractivity contribution in [2.75, 3.05) is 39.8 Å². The zero-order chi connectivity index (χ0) is 12.8. The van der Waals surface area contributed by atoms with Gasteiger partial charge in [0.1, 0.15) is 0 Å². The maximum absolute atomic E-state index is 11.9. The fourth-order valence-electron chi connectivity index (χ4n) is 2.32. The van der Waals surface area contributed by atoms with Gasteiger partial charge >= 0.3 is 0 Å². The average molecular weight is 241 g/mol. The van der Waals surface area contributed by atoms with E-state index in [0.717, 1.165) is 32.5 Å². The number of hydrogen-bond acceptors (Lipinski definition) is 3. The van der Waals surface area contributed by atoms with Crippen molar-refractivity contribution in [1.82, 2.24) is 9.80 Å². The van der Waals surface area contributed by atoms with Gasteiger partial charge in [-0.2, -0.15) is 0 Å². The Kier molecular flexibility index (Phi) is 5.92. The number of nitrogens with zero attached hydrogens (tertiary/aromatic N) is 2. The summed E-state index contributed by atoms with van der Waals surface area (Å²) in [5.74, 6) is 1.32. The molecule has 0 spiro atoms. The summed E-state index contributed by atoms with van der Waals surface area (Å²) in [7, 11) is 2.01. The Labute approximate surface area is 105 Å². The first-order valence-corrected chi connectivity index (χ1v) is 6.71. The number of amides is 1. The van der Waals surface area contributed by atoms with Crippen LogP contribution >= 0.6 is 0 Å². The summed E-state index contributed by atoms with van der Waals surface area (Å²) in [6.07, 6.45) is 2.32. The van der Waals surface area contributed by atoms with E-state index in [1.165, 1.54) is 0 Å². The lowest BCUT2D eigenvalue weighted by Crippen LogP contribution is -2.41. The van der Waals surface area contributed by atoms with Crippen molar-refractivity contribution in [2.24, 2.45) is 17.6 Å². The minimum absolute atomic E-state index is 0.268. The van der Waals surface area contributed by atoms with Crippen LogP contribution in [0, 0.1) is 11.8 Å². The summed E-state index contributed by atoms with van der Waals surface area (Å²) in [6.45, 7) is 8.40. The van der Waals surface area contributed by atoms with Gasteiger partial charge in [-0.05, 0) is 38.3 Å². The molecule has 0 saturated carbocycles. The van der Waals surface area contributed by atoms with Crippen molar-refractivity contribution in [1.29, 1.82) is 0 Å². The number of rotatable bonds is 6. The molecule has 1 rings (SSSR count). The summed E-state index contributed by atoms with van der Waals surface area (Å²) in [4.78, 5) is 16.0. The van der Waals surface area contributed by atoms with Gasteiger partial charge < -0.3 is 10.6 Å². The summed E-state index contributed by atoms with van der Waals surface area (Å²) < 4.78 is 0. The molecule has 100 valence electrons. The fourth-order valence-corrected chi connectivity index (χ4v) is 2.32. The predicted molar refractivity (Wildman–Crippen MR) is 70.7 cm³/mol. The first kappa shape index (κ1) is 14.5. The molecule has 1 unspecified atom stereocenters. The van der Waals surface area contributed by atoms with Gasteiger partial charge in [0.05, 0.1) is 6.54 Å². The maximum Gasteiger partial charge on any atom is 0.236 e. The molecule has 1 aliphatic heterocycles. The van der Waals surface area contributed by atoms with Gasteiger partial charge in [-0.25, -0.2) is 0 Å². The Bertz CT molecular complexity index is 237. The van der Waals surface area contributed by atoms with Crippen molar-refractivity contribution >= 4 is 5.91 Å². The van der Waals surface area contributed by atoms with Crippen molar-refractivity contribution in [3.05, 3.63) is 0 Å². The van der Waals surface area contributed by atoms with Crippen molar-refractivity contribution < 1.29 is 4.79 Å².